The Kier molecular flexibility index (Phi) is 3.15. The van der Waals surface area contributed by atoms with Crippen LogP contribution in [0.2, 0.25) is 0 Å². The van der Waals surface area contributed by atoms with Gasteiger partial charge in [0.1, 0.15) is 0 Å². The summed E-state index contributed by atoms with van der Waals surface area (Å²) >= 11 is 0. The average molecular weight is 217 g/mol. The maximum absolute atomic E-state index is 5.86. The van der Waals surface area contributed by atoms with Gasteiger partial charge in [-0.1, -0.05) is 29.8 Å². The summed E-state index contributed by atoms with van der Waals surface area (Å²) in [5.74, 6) is 0. The van der Waals surface area contributed by atoms with Crippen LogP contribution in [0.1, 0.15) is 17.5 Å². The minimum atomic E-state index is 0.791. The Balaban J connectivity index is 1.99. The molecule has 0 saturated carbocycles. The maximum atomic E-state index is 5.86. The Labute approximate surface area is 96.7 Å². The molecule has 1 heterocycles. The van der Waals surface area contributed by atoms with E-state index in [0.717, 1.165) is 37.4 Å². The Morgan fingerprint density at radius 2 is 1.81 bits per heavy atom. The molecule has 1 aromatic carbocycles. The van der Waals surface area contributed by atoms with E-state index in [1.807, 2.05) is 0 Å². The summed E-state index contributed by atoms with van der Waals surface area (Å²) in [6.45, 7) is 4.85. The van der Waals surface area contributed by atoms with Crippen molar-refractivity contribution in [3.05, 3.63) is 46.8 Å². The van der Waals surface area contributed by atoms with Crippen molar-refractivity contribution in [3.63, 3.8) is 0 Å². The van der Waals surface area contributed by atoms with Crippen LogP contribution in [0.3, 0.4) is 0 Å². The van der Waals surface area contributed by atoms with Crippen LogP contribution >= 0.6 is 0 Å². The van der Waals surface area contributed by atoms with Crippen LogP contribution in [-0.2, 0) is 6.54 Å². The number of aryl methyl sites for hydroxylation is 1. The summed E-state index contributed by atoms with van der Waals surface area (Å²) in [6.07, 6.45) is 0.887. The third-order valence-electron chi connectivity index (χ3n) is 3.03. The Hall–Kier alpha value is -1.48. The zero-order valence-corrected chi connectivity index (χ0v) is 9.74. The topological polar surface area (TPSA) is 55.3 Å². The fraction of sp³-hybridized carbons (Fsp3) is 0.385. The highest BCUT2D eigenvalue weighted by Crippen LogP contribution is 2.13. The molecule has 3 heteroatoms. The minimum absolute atomic E-state index is 0.791. The van der Waals surface area contributed by atoms with Gasteiger partial charge in [-0.25, -0.2) is 0 Å². The minimum Gasteiger partial charge on any atom is -0.401 e. The van der Waals surface area contributed by atoms with Crippen molar-refractivity contribution in [2.75, 3.05) is 13.1 Å². The normalized spacial score (nSPS) is 17.8. The smallest absolute Gasteiger partial charge is 0.0415 e. The molecule has 4 N–H and O–H groups in total. The first-order valence-electron chi connectivity index (χ1n) is 5.66. The molecule has 3 nitrogen and oxygen atoms in total. The molecule has 0 aliphatic carbocycles. The van der Waals surface area contributed by atoms with E-state index in [2.05, 4.69) is 36.1 Å². The van der Waals surface area contributed by atoms with Gasteiger partial charge in [0.25, 0.3) is 0 Å². The van der Waals surface area contributed by atoms with Gasteiger partial charge in [-0.05, 0) is 12.5 Å². The SMILES string of the molecule is Cc1ccc(CN2CCC(N)=C(N)C2)cc1. The van der Waals surface area contributed by atoms with Crippen LogP contribution in [-0.4, -0.2) is 18.0 Å². The first kappa shape index (κ1) is 11.0. The molecule has 1 aliphatic rings. The van der Waals surface area contributed by atoms with Crippen LogP contribution in [0.5, 0.6) is 0 Å². The van der Waals surface area contributed by atoms with Gasteiger partial charge in [0, 0.05) is 37.4 Å². The summed E-state index contributed by atoms with van der Waals surface area (Å²) < 4.78 is 0. The lowest BCUT2D eigenvalue weighted by Gasteiger charge is -2.27. The second kappa shape index (κ2) is 4.58. The standard InChI is InChI=1S/C13H19N3/c1-10-2-4-11(5-3-10)8-16-7-6-12(14)13(15)9-16/h2-5H,6-9,14-15H2,1H3. The van der Waals surface area contributed by atoms with Crippen molar-refractivity contribution in [2.24, 2.45) is 11.5 Å². The number of hydrogen-bond acceptors (Lipinski definition) is 3. The Morgan fingerprint density at radius 3 is 2.44 bits per heavy atom. The Bertz CT molecular complexity index is 392. The molecule has 0 spiro atoms. The predicted molar refractivity (Wildman–Crippen MR) is 66.5 cm³/mol. The molecular formula is C13H19N3. The van der Waals surface area contributed by atoms with E-state index in [1.54, 1.807) is 0 Å². The molecular weight excluding hydrogens is 198 g/mol. The molecule has 0 fully saturated rings. The van der Waals surface area contributed by atoms with Gasteiger partial charge in [0.15, 0.2) is 0 Å². The highest BCUT2D eigenvalue weighted by Gasteiger charge is 2.14. The van der Waals surface area contributed by atoms with E-state index >= 15 is 0 Å². The monoisotopic (exact) mass is 217 g/mol. The van der Waals surface area contributed by atoms with Gasteiger partial charge < -0.3 is 11.5 Å². The molecule has 0 saturated heterocycles. The largest absolute Gasteiger partial charge is 0.401 e. The van der Waals surface area contributed by atoms with Gasteiger partial charge in [-0.3, -0.25) is 4.90 Å². The summed E-state index contributed by atoms with van der Waals surface area (Å²) in [5, 5.41) is 0. The van der Waals surface area contributed by atoms with Crippen LogP contribution < -0.4 is 11.5 Å². The number of rotatable bonds is 2. The molecule has 0 radical (unpaired) electrons. The quantitative estimate of drug-likeness (QED) is 0.785. The maximum Gasteiger partial charge on any atom is 0.0415 e. The van der Waals surface area contributed by atoms with E-state index in [-0.39, 0.29) is 0 Å². The summed E-state index contributed by atoms with van der Waals surface area (Å²) in [7, 11) is 0. The number of nitrogens with two attached hydrogens (primary N) is 2. The summed E-state index contributed by atoms with van der Waals surface area (Å²) in [5.41, 5.74) is 16.0. The molecule has 0 unspecified atom stereocenters. The first-order valence-corrected chi connectivity index (χ1v) is 5.66. The van der Waals surface area contributed by atoms with E-state index in [9.17, 15) is 0 Å². The third-order valence-corrected chi connectivity index (χ3v) is 3.03. The first-order chi connectivity index (χ1) is 7.65. The molecule has 86 valence electrons. The zero-order valence-electron chi connectivity index (χ0n) is 9.74. The van der Waals surface area contributed by atoms with E-state index < -0.39 is 0 Å². The molecule has 0 aromatic heterocycles. The summed E-state index contributed by atoms with van der Waals surface area (Å²) in [4.78, 5) is 2.33. The van der Waals surface area contributed by atoms with Crippen molar-refractivity contribution in [3.8, 4) is 0 Å². The van der Waals surface area contributed by atoms with Crippen LogP contribution in [0.15, 0.2) is 35.7 Å². The van der Waals surface area contributed by atoms with Crippen LogP contribution in [0.4, 0.5) is 0 Å². The van der Waals surface area contributed by atoms with Gasteiger partial charge in [0.05, 0.1) is 0 Å². The zero-order chi connectivity index (χ0) is 11.5. The second-order valence-corrected chi connectivity index (χ2v) is 4.50. The van der Waals surface area contributed by atoms with Crippen LogP contribution in [0, 0.1) is 6.92 Å². The molecule has 2 rings (SSSR count). The molecule has 16 heavy (non-hydrogen) atoms. The lowest BCUT2D eigenvalue weighted by molar-refractivity contribution is 0.275. The fourth-order valence-corrected chi connectivity index (χ4v) is 1.95. The van der Waals surface area contributed by atoms with Crippen molar-refractivity contribution in [1.29, 1.82) is 0 Å². The van der Waals surface area contributed by atoms with Crippen molar-refractivity contribution < 1.29 is 0 Å². The van der Waals surface area contributed by atoms with Crippen molar-refractivity contribution in [2.45, 2.75) is 19.9 Å². The van der Waals surface area contributed by atoms with Crippen molar-refractivity contribution in [1.82, 2.24) is 4.90 Å². The fourth-order valence-electron chi connectivity index (χ4n) is 1.95. The molecule has 0 bridgehead atoms. The van der Waals surface area contributed by atoms with Crippen molar-refractivity contribution >= 4 is 0 Å². The highest BCUT2D eigenvalue weighted by molar-refractivity contribution is 5.22. The number of benzene rings is 1. The molecule has 0 amide bonds. The summed E-state index contributed by atoms with van der Waals surface area (Å²) in [6, 6.07) is 8.64. The second-order valence-electron chi connectivity index (χ2n) is 4.50. The molecule has 1 aromatic rings. The van der Waals surface area contributed by atoms with Gasteiger partial charge >= 0.3 is 0 Å². The lowest BCUT2D eigenvalue weighted by atomic mass is 10.1. The number of nitrogens with zero attached hydrogens (tertiary/aromatic N) is 1. The van der Waals surface area contributed by atoms with E-state index in [1.165, 1.54) is 11.1 Å². The van der Waals surface area contributed by atoms with E-state index in [4.69, 9.17) is 11.5 Å². The highest BCUT2D eigenvalue weighted by atomic mass is 15.1. The molecule has 1 aliphatic heterocycles. The van der Waals surface area contributed by atoms with Gasteiger partial charge in [-0.2, -0.15) is 0 Å². The Morgan fingerprint density at radius 1 is 1.12 bits per heavy atom. The predicted octanol–water partition coefficient (Wildman–Crippen LogP) is 1.33. The van der Waals surface area contributed by atoms with Gasteiger partial charge in [-0.15, -0.1) is 0 Å². The van der Waals surface area contributed by atoms with Crippen LogP contribution in [0.25, 0.3) is 0 Å². The third kappa shape index (κ3) is 2.55. The lowest BCUT2D eigenvalue weighted by Crippen LogP contribution is -2.35. The number of hydrogen-bond donors (Lipinski definition) is 2. The van der Waals surface area contributed by atoms with Gasteiger partial charge in [0.2, 0.25) is 0 Å². The van der Waals surface area contributed by atoms with E-state index in [0.29, 0.717) is 0 Å². The molecule has 0 atom stereocenters. The average Bonchev–Trinajstić information content (AvgIpc) is 2.27.